The molecule has 0 spiro atoms. The summed E-state index contributed by atoms with van der Waals surface area (Å²) in [6.45, 7) is 8.31. The predicted molar refractivity (Wildman–Crippen MR) is 117 cm³/mol. The fraction of sp³-hybridized carbons (Fsp3) is 0.500. The number of aromatic nitrogens is 2. The minimum Gasteiger partial charge on any atom is -0.357 e. The van der Waals surface area contributed by atoms with Crippen LogP contribution < -0.4 is 15.5 Å². The average molecular weight is 397 g/mol. The Kier molecular flexibility index (Phi) is 6.90. The van der Waals surface area contributed by atoms with Crippen LogP contribution in [0.25, 0.3) is 0 Å². The zero-order valence-electron chi connectivity index (χ0n) is 17.9. The van der Waals surface area contributed by atoms with Crippen LogP contribution in [-0.4, -0.2) is 40.8 Å². The van der Waals surface area contributed by atoms with Crippen molar-refractivity contribution in [1.29, 1.82) is 0 Å². The highest BCUT2D eigenvalue weighted by Crippen LogP contribution is 2.21. The Hall–Kier alpha value is -2.83. The summed E-state index contributed by atoms with van der Waals surface area (Å²) < 4.78 is 1.97. The van der Waals surface area contributed by atoms with Gasteiger partial charge in [-0.2, -0.15) is 5.10 Å². The molecule has 1 amide bonds. The van der Waals surface area contributed by atoms with Crippen LogP contribution >= 0.6 is 0 Å². The Balaban J connectivity index is 1.72. The third kappa shape index (κ3) is 4.78. The van der Waals surface area contributed by atoms with Crippen LogP contribution in [0.5, 0.6) is 0 Å². The molecule has 3 rings (SSSR count). The zero-order chi connectivity index (χ0) is 20.8. The number of aryl methyl sites for hydroxylation is 2. The molecule has 1 fully saturated rings. The summed E-state index contributed by atoms with van der Waals surface area (Å²) in [5, 5.41) is 11.4. The molecule has 1 aliphatic heterocycles. The number of carbonyl (C=O) groups is 1. The van der Waals surface area contributed by atoms with Crippen LogP contribution in [0.15, 0.2) is 35.3 Å². The second-order valence-electron chi connectivity index (χ2n) is 7.28. The lowest BCUT2D eigenvalue weighted by Gasteiger charge is -2.19. The maximum absolute atomic E-state index is 12.5. The van der Waals surface area contributed by atoms with Crippen LogP contribution in [0.3, 0.4) is 0 Å². The third-order valence-electron chi connectivity index (χ3n) is 5.30. The predicted octanol–water partition coefficient (Wildman–Crippen LogP) is 2.41. The van der Waals surface area contributed by atoms with Crippen molar-refractivity contribution >= 4 is 17.6 Å². The lowest BCUT2D eigenvalue weighted by molar-refractivity contribution is -0.117. The SMILES string of the molecule is CCNC(=NCc1c(CC)nn(C)c1CC)NC1CC(=O)N(c2ccccc2)C1. The van der Waals surface area contributed by atoms with E-state index in [2.05, 4.69) is 29.6 Å². The first-order valence-corrected chi connectivity index (χ1v) is 10.5. The quantitative estimate of drug-likeness (QED) is 0.557. The Morgan fingerprint density at radius 2 is 1.97 bits per heavy atom. The zero-order valence-corrected chi connectivity index (χ0v) is 17.9. The number of rotatable bonds is 7. The van der Waals surface area contributed by atoms with Crippen LogP contribution in [-0.2, 0) is 31.2 Å². The molecule has 0 radical (unpaired) electrons. The summed E-state index contributed by atoms with van der Waals surface area (Å²) in [7, 11) is 2.00. The number of para-hydroxylation sites is 1. The normalized spacial score (nSPS) is 17.1. The number of benzene rings is 1. The van der Waals surface area contributed by atoms with Gasteiger partial charge in [0.25, 0.3) is 0 Å². The molecule has 1 saturated heterocycles. The molecule has 1 atom stereocenters. The van der Waals surface area contributed by atoms with E-state index in [1.54, 1.807) is 0 Å². The van der Waals surface area contributed by atoms with Crippen LogP contribution in [0.4, 0.5) is 5.69 Å². The molecule has 7 nitrogen and oxygen atoms in total. The molecule has 0 aliphatic carbocycles. The van der Waals surface area contributed by atoms with Gasteiger partial charge in [0.05, 0.1) is 18.3 Å². The smallest absolute Gasteiger partial charge is 0.229 e. The van der Waals surface area contributed by atoms with Crippen molar-refractivity contribution in [3.8, 4) is 0 Å². The summed E-state index contributed by atoms with van der Waals surface area (Å²) in [5.74, 6) is 0.881. The molecular weight excluding hydrogens is 364 g/mol. The number of carbonyl (C=O) groups excluding carboxylic acids is 1. The minimum atomic E-state index is 0.0331. The van der Waals surface area contributed by atoms with Crippen molar-refractivity contribution in [2.45, 2.75) is 52.6 Å². The second kappa shape index (κ2) is 9.58. The molecule has 7 heteroatoms. The second-order valence-corrected chi connectivity index (χ2v) is 7.28. The molecule has 156 valence electrons. The Labute approximate surface area is 173 Å². The van der Waals surface area contributed by atoms with Gasteiger partial charge in [-0.25, -0.2) is 4.99 Å². The highest BCUT2D eigenvalue weighted by atomic mass is 16.2. The van der Waals surface area contributed by atoms with E-state index >= 15 is 0 Å². The largest absolute Gasteiger partial charge is 0.357 e. The summed E-state index contributed by atoms with van der Waals surface area (Å²) >= 11 is 0. The number of anilines is 1. The van der Waals surface area contributed by atoms with Crippen molar-refractivity contribution in [2.24, 2.45) is 12.0 Å². The molecular formula is C22H32N6O. The molecule has 29 heavy (non-hydrogen) atoms. The standard InChI is InChI=1S/C22H32N6O/c1-5-19-18(20(6-2)27(4)26-19)14-24-22(23-7-3)25-16-13-21(29)28(15-16)17-11-9-8-10-12-17/h8-12,16H,5-7,13-15H2,1-4H3,(H2,23,24,25). The van der Waals surface area contributed by atoms with Gasteiger partial charge in [0.15, 0.2) is 5.96 Å². The van der Waals surface area contributed by atoms with Gasteiger partial charge >= 0.3 is 0 Å². The maximum atomic E-state index is 12.5. The fourth-order valence-corrected chi connectivity index (χ4v) is 3.91. The summed E-state index contributed by atoms with van der Waals surface area (Å²) in [5.41, 5.74) is 4.49. The highest BCUT2D eigenvalue weighted by Gasteiger charge is 2.31. The summed E-state index contributed by atoms with van der Waals surface area (Å²) in [4.78, 5) is 19.1. The van der Waals surface area contributed by atoms with Gasteiger partial charge in [0.2, 0.25) is 5.91 Å². The highest BCUT2D eigenvalue weighted by molar-refractivity contribution is 5.97. The number of aliphatic imine (C=N–C) groups is 1. The van der Waals surface area contributed by atoms with Gasteiger partial charge in [-0.05, 0) is 31.9 Å². The van der Waals surface area contributed by atoms with E-state index in [1.807, 2.05) is 53.9 Å². The summed E-state index contributed by atoms with van der Waals surface area (Å²) in [6.07, 6.45) is 2.29. The van der Waals surface area contributed by atoms with E-state index in [0.717, 1.165) is 36.7 Å². The molecule has 1 unspecified atom stereocenters. The van der Waals surface area contributed by atoms with Gasteiger partial charge < -0.3 is 15.5 Å². The number of guanidine groups is 1. The molecule has 2 N–H and O–H groups in total. The first-order chi connectivity index (χ1) is 14.1. The van der Waals surface area contributed by atoms with Gasteiger partial charge in [-0.3, -0.25) is 9.48 Å². The minimum absolute atomic E-state index is 0.0331. The lowest BCUT2D eigenvalue weighted by Crippen LogP contribution is -2.44. The number of nitrogens with zero attached hydrogens (tertiary/aromatic N) is 4. The lowest BCUT2D eigenvalue weighted by atomic mass is 10.1. The topological polar surface area (TPSA) is 74.5 Å². The van der Waals surface area contributed by atoms with Crippen molar-refractivity contribution in [3.05, 3.63) is 47.3 Å². The third-order valence-corrected chi connectivity index (χ3v) is 5.30. The fourth-order valence-electron chi connectivity index (χ4n) is 3.91. The summed E-state index contributed by atoms with van der Waals surface area (Å²) in [6, 6.07) is 9.86. The van der Waals surface area contributed by atoms with Crippen molar-refractivity contribution in [3.63, 3.8) is 0 Å². The van der Waals surface area contributed by atoms with E-state index in [9.17, 15) is 4.79 Å². The first-order valence-electron chi connectivity index (χ1n) is 10.5. The average Bonchev–Trinajstić information content (AvgIpc) is 3.25. The van der Waals surface area contributed by atoms with Gasteiger partial charge in [-0.15, -0.1) is 0 Å². The molecule has 2 heterocycles. The van der Waals surface area contributed by atoms with E-state index in [-0.39, 0.29) is 11.9 Å². The van der Waals surface area contributed by atoms with E-state index in [1.165, 1.54) is 11.3 Å². The maximum Gasteiger partial charge on any atom is 0.229 e. The van der Waals surface area contributed by atoms with Gasteiger partial charge in [0.1, 0.15) is 0 Å². The number of amides is 1. The van der Waals surface area contributed by atoms with Gasteiger partial charge in [0, 0.05) is 43.5 Å². The van der Waals surface area contributed by atoms with E-state index in [4.69, 9.17) is 4.99 Å². The Morgan fingerprint density at radius 1 is 1.21 bits per heavy atom. The number of hydrogen-bond acceptors (Lipinski definition) is 3. The molecule has 0 bridgehead atoms. The van der Waals surface area contributed by atoms with E-state index in [0.29, 0.717) is 19.5 Å². The van der Waals surface area contributed by atoms with Gasteiger partial charge in [-0.1, -0.05) is 32.0 Å². The Morgan fingerprint density at radius 3 is 2.62 bits per heavy atom. The molecule has 1 aromatic heterocycles. The van der Waals surface area contributed by atoms with Crippen LogP contribution in [0.2, 0.25) is 0 Å². The molecule has 1 aromatic carbocycles. The molecule has 1 aliphatic rings. The van der Waals surface area contributed by atoms with Crippen LogP contribution in [0, 0.1) is 0 Å². The van der Waals surface area contributed by atoms with Crippen molar-refractivity contribution < 1.29 is 4.79 Å². The van der Waals surface area contributed by atoms with Crippen LogP contribution in [0.1, 0.15) is 44.1 Å². The Bertz CT molecular complexity index is 858. The monoisotopic (exact) mass is 396 g/mol. The molecule has 2 aromatic rings. The van der Waals surface area contributed by atoms with Crippen molar-refractivity contribution in [2.75, 3.05) is 18.0 Å². The van der Waals surface area contributed by atoms with Crippen molar-refractivity contribution in [1.82, 2.24) is 20.4 Å². The first kappa shape index (κ1) is 20.9. The number of nitrogens with one attached hydrogen (secondary N) is 2. The number of hydrogen-bond donors (Lipinski definition) is 2. The molecule has 0 saturated carbocycles. The van der Waals surface area contributed by atoms with E-state index < -0.39 is 0 Å².